The summed E-state index contributed by atoms with van der Waals surface area (Å²) in [6.45, 7) is 0.992. The number of rotatable bonds is 5. The zero-order valence-corrected chi connectivity index (χ0v) is 15.4. The van der Waals surface area contributed by atoms with Crippen molar-refractivity contribution in [2.24, 2.45) is 0 Å². The summed E-state index contributed by atoms with van der Waals surface area (Å²) in [5, 5.41) is 10.6. The van der Waals surface area contributed by atoms with E-state index in [9.17, 15) is 24.5 Å². The van der Waals surface area contributed by atoms with Crippen molar-refractivity contribution in [1.29, 1.82) is 0 Å². The average molecular weight is 391 g/mol. The predicted octanol–water partition coefficient (Wildman–Crippen LogP) is 2.26. The fourth-order valence-electron chi connectivity index (χ4n) is 2.93. The summed E-state index contributed by atoms with van der Waals surface area (Å²) in [6, 6.07) is 4.24. The van der Waals surface area contributed by atoms with Crippen LogP contribution in [0.3, 0.4) is 0 Å². The molecule has 10 heteroatoms. The van der Waals surface area contributed by atoms with Gasteiger partial charge in [-0.1, -0.05) is 6.07 Å². The molecule has 27 heavy (non-hydrogen) atoms. The molecular weight excluding hydrogens is 374 g/mol. The van der Waals surface area contributed by atoms with Gasteiger partial charge in [0.05, 0.1) is 16.9 Å². The minimum absolute atomic E-state index is 0.0986. The zero-order valence-electron chi connectivity index (χ0n) is 14.5. The van der Waals surface area contributed by atoms with Crippen LogP contribution >= 0.6 is 11.8 Å². The Morgan fingerprint density at radius 3 is 2.67 bits per heavy atom. The van der Waals surface area contributed by atoms with Crippen molar-refractivity contribution >= 4 is 40.6 Å². The molecule has 0 aliphatic carbocycles. The molecule has 2 saturated heterocycles. The van der Waals surface area contributed by atoms with E-state index in [4.69, 9.17) is 4.74 Å². The molecule has 2 heterocycles. The Kier molecular flexibility index (Phi) is 5.45. The number of ether oxygens (including phenoxy) is 1. The first-order valence-corrected chi connectivity index (χ1v) is 9.08. The van der Waals surface area contributed by atoms with Gasteiger partial charge in [0, 0.05) is 19.2 Å². The molecule has 142 valence electrons. The Bertz CT molecular complexity index is 847. The van der Waals surface area contributed by atoms with Crippen molar-refractivity contribution in [3.8, 4) is 5.75 Å². The Balaban J connectivity index is 1.78. The molecule has 0 unspecified atom stereocenters. The van der Waals surface area contributed by atoms with Crippen LogP contribution in [0.15, 0.2) is 23.1 Å². The van der Waals surface area contributed by atoms with E-state index in [-0.39, 0.29) is 28.8 Å². The Morgan fingerprint density at radius 1 is 1.33 bits per heavy atom. The fourth-order valence-corrected chi connectivity index (χ4v) is 3.77. The molecule has 0 radical (unpaired) electrons. The van der Waals surface area contributed by atoms with Gasteiger partial charge in [-0.05, 0) is 42.3 Å². The van der Waals surface area contributed by atoms with Gasteiger partial charge in [0.25, 0.3) is 11.1 Å². The molecule has 0 spiro atoms. The lowest BCUT2D eigenvalue weighted by molar-refractivity contribution is -0.385. The number of benzene rings is 1. The van der Waals surface area contributed by atoms with Crippen molar-refractivity contribution in [2.45, 2.75) is 12.8 Å². The number of carbonyl (C=O) groups excluding carboxylic acids is 3. The molecule has 0 aromatic heterocycles. The third-order valence-electron chi connectivity index (χ3n) is 4.32. The molecule has 0 saturated carbocycles. The van der Waals surface area contributed by atoms with Gasteiger partial charge in [-0.25, -0.2) is 0 Å². The third-order valence-corrected chi connectivity index (χ3v) is 5.23. The molecule has 1 aromatic rings. The van der Waals surface area contributed by atoms with E-state index in [0.29, 0.717) is 30.4 Å². The minimum atomic E-state index is -0.587. The lowest BCUT2D eigenvalue weighted by Gasteiger charge is -2.18. The largest absolute Gasteiger partial charge is 0.490 e. The predicted molar refractivity (Wildman–Crippen MR) is 98.1 cm³/mol. The van der Waals surface area contributed by atoms with Crippen molar-refractivity contribution in [3.05, 3.63) is 38.8 Å². The lowest BCUT2D eigenvalue weighted by atomic mass is 10.1. The van der Waals surface area contributed by atoms with Gasteiger partial charge < -0.3 is 9.64 Å². The Labute approximate surface area is 159 Å². The van der Waals surface area contributed by atoms with E-state index in [1.807, 2.05) is 0 Å². The Hall–Kier alpha value is -2.88. The SMILES string of the molecule is COc1ccc(/C=C2\SC(=O)N(CC(=O)N3CCCC3)C2=O)cc1[N+](=O)[O-]. The van der Waals surface area contributed by atoms with E-state index in [2.05, 4.69) is 0 Å². The number of carbonyl (C=O) groups is 3. The van der Waals surface area contributed by atoms with E-state index in [1.165, 1.54) is 25.3 Å². The van der Waals surface area contributed by atoms with Crippen LogP contribution in [0, 0.1) is 10.1 Å². The number of nitro groups is 1. The lowest BCUT2D eigenvalue weighted by Crippen LogP contribution is -2.40. The second-order valence-corrected chi connectivity index (χ2v) is 7.04. The molecular formula is C17H17N3O6S. The first-order chi connectivity index (χ1) is 12.9. The molecule has 0 atom stereocenters. The molecule has 9 nitrogen and oxygen atoms in total. The van der Waals surface area contributed by atoms with E-state index >= 15 is 0 Å². The summed E-state index contributed by atoms with van der Waals surface area (Å²) < 4.78 is 4.94. The van der Waals surface area contributed by atoms with Gasteiger partial charge in [-0.3, -0.25) is 29.4 Å². The number of hydrogen-bond acceptors (Lipinski definition) is 7. The van der Waals surface area contributed by atoms with Crippen LogP contribution in [0.4, 0.5) is 10.5 Å². The van der Waals surface area contributed by atoms with E-state index in [0.717, 1.165) is 17.7 Å². The smallest absolute Gasteiger partial charge is 0.311 e. The maximum Gasteiger partial charge on any atom is 0.311 e. The number of nitro benzene ring substituents is 1. The Morgan fingerprint density at radius 2 is 2.04 bits per heavy atom. The summed E-state index contributed by atoms with van der Waals surface area (Å²) in [5.74, 6) is -0.728. The third kappa shape index (κ3) is 3.95. The number of nitrogens with zero attached hydrogens (tertiary/aromatic N) is 3. The highest BCUT2D eigenvalue weighted by molar-refractivity contribution is 8.18. The van der Waals surface area contributed by atoms with Crippen LogP contribution in [0.5, 0.6) is 5.75 Å². The molecule has 0 bridgehead atoms. The monoisotopic (exact) mass is 391 g/mol. The number of hydrogen-bond donors (Lipinski definition) is 0. The average Bonchev–Trinajstić information content (AvgIpc) is 3.26. The zero-order chi connectivity index (χ0) is 19.6. The highest BCUT2D eigenvalue weighted by atomic mass is 32.2. The first-order valence-electron chi connectivity index (χ1n) is 8.26. The minimum Gasteiger partial charge on any atom is -0.490 e. The van der Waals surface area contributed by atoms with Crippen LogP contribution in [0.1, 0.15) is 18.4 Å². The second-order valence-electron chi connectivity index (χ2n) is 6.04. The van der Waals surface area contributed by atoms with Gasteiger partial charge in [0.1, 0.15) is 6.54 Å². The highest BCUT2D eigenvalue weighted by Gasteiger charge is 2.37. The van der Waals surface area contributed by atoms with Gasteiger partial charge in [0.2, 0.25) is 5.91 Å². The topological polar surface area (TPSA) is 110 Å². The van der Waals surface area contributed by atoms with Crippen LogP contribution in [-0.2, 0) is 9.59 Å². The molecule has 1 aromatic carbocycles. The number of likely N-dealkylation sites (tertiary alicyclic amines) is 1. The second kappa shape index (κ2) is 7.78. The summed E-state index contributed by atoms with van der Waals surface area (Å²) in [4.78, 5) is 50.0. The first kappa shape index (κ1) is 18.9. The van der Waals surface area contributed by atoms with Gasteiger partial charge in [-0.2, -0.15) is 0 Å². The van der Waals surface area contributed by atoms with Gasteiger partial charge >= 0.3 is 5.69 Å². The van der Waals surface area contributed by atoms with Crippen molar-refractivity contribution in [3.63, 3.8) is 0 Å². The van der Waals surface area contributed by atoms with E-state index in [1.54, 1.807) is 11.0 Å². The summed E-state index contributed by atoms with van der Waals surface area (Å²) in [5.41, 5.74) is 0.147. The van der Waals surface area contributed by atoms with Crippen molar-refractivity contribution < 1.29 is 24.0 Å². The normalized spacial score (nSPS) is 18.5. The van der Waals surface area contributed by atoms with Crippen LogP contribution < -0.4 is 4.74 Å². The molecule has 3 amide bonds. The van der Waals surface area contributed by atoms with Crippen molar-refractivity contribution in [2.75, 3.05) is 26.7 Å². The fraction of sp³-hybridized carbons (Fsp3) is 0.353. The molecule has 2 aliphatic heterocycles. The number of amides is 3. The number of methoxy groups -OCH3 is 1. The van der Waals surface area contributed by atoms with Crippen LogP contribution in [0.2, 0.25) is 0 Å². The van der Waals surface area contributed by atoms with Crippen LogP contribution in [0.25, 0.3) is 6.08 Å². The van der Waals surface area contributed by atoms with Crippen LogP contribution in [-0.4, -0.2) is 58.5 Å². The van der Waals surface area contributed by atoms with Gasteiger partial charge in [-0.15, -0.1) is 0 Å². The number of imide groups is 1. The summed E-state index contributed by atoms with van der Waals surface area (Å²) in [7, 11) is 1.32. The summed E-state index contributed by atoms with van der Waals surface area (Å²) in [6.07, 6.45) is 3.24. The molecule has 2 aliphatic rings. The van der Waals surface area contributed by atoms with Crippen molar-refractivity contribution in [1.82, 2.24) is 9.80 Å². The van der Waals surface area contributed by atoms with E-state index < -0.39 is 16.1 Å². The quantitative estimate of drug-likeness (QED) is 0.430. The maximum atomic E-state index is 12.5. The molecule has 3 rings (SSSR count). The standard InChI is InChI=1S/C17H17N3O6S/c1-26-13-5-4-11(8-12(13)20(24)25)9-14-16(22)19(17(23)27-14)10-15(21)18-6-2-3-7-18/h4-5,8-9H,2-3,6-7,10H2,1H3/b14-9-. The molecule has 2 fully saturated rings. The number of thioether (sulfide) groups is 1. The highest BCUT2D eigenvalue weighted by Crippen LogP contribution is 2.34. The maximum absolute atomic E-state index is 12.5. The summed E-state index contributed by atoms with van der Waals surface area (Å²) >= 11 is 0.712. The van der Waals surface area contributed by atoms with Gasteiger partial charge in [0.15, 0.2) is 5.75 Å². The molecule has 0 N–H and O–H groups in total.